The maximum atomic E-state index is 13.2. The van der Waals surface area contributed by atoms with Crippen molar-refractivity contribution < 1.29 is 9.31 Å². The Morgan fingerprint density at radius 3 is 2.76 bits per heavy atom. The molecule has 0 aliphatic heterocycles. The first-order valence-corrected chi connectivity index (χ1v) is 6.66. The number of halogens is 1. The molecule has 1 aromatic carbocycles. The molecule has 2 aromatic rings. The highest BCUT2D eigenvalue weighted by atomic mass is 19.1. The monoisotopic (exact) mass is 292 g/mol. The van der Waals surface area contributed by atoms with Gasteiger partial charge in [-0.05, 0) is 18.6 Å². The first kappa shape index (κ1) is 15.1. The molecule has 2 rings (SSSR count). The van der Waals surface area contributed by atoms with Gasteiger partial charge in [0.2, 0.25) is 0 Å². The van der Waals surface area contributed by atoms with Crippen LogP contribution < -0.4 is 5.32 Å². The third kappa shape index (κ3) is 3.63. The number of aromatic nitrogens is 2. The van der Waals surface area contributed by atoms with Crippen molar-refractivity contribution in [1.82, 2.24) is 15.1 Å². The largest absolute Gasteiger partial charge is 0.308 e. The summed E-state index contributed by atoms with van der Waals surface area (Å²) in [6, 6.07) is 3.47. The molecular weight excluding hydrogens is 275 g/mol. The van der Waals surface area contributed by atoms with Gasteiger partial charge in [0.25, 0.3) is 5.69 Å². The molecule has 7 heteroatoms. The Bertz CT molecular complexity index is 654. The molecule has 21 heavy (non-hydrogen) atoms. The number of nitro groups is 1. The van der Waals surface area contributed by atoms with Gasteiger partial charge >= 0.3 is 0 Å². The summed E-state index contributed by atoms with van der Waals surface area (Å²) < 4.78 is 15.0. The smallest absolute Gasteiger partial charge is 0.274 e. The second kappa shape index (κ2) is 6.45. The molecule has 0 aliphatic rings. The summed E-state index contributed by atoms with van der Waals surface area (Å²) in [5.74, 6) is -0.479. The fraction of sp³-hybridized carbons (Fsp3) is 0.357. The predicted molar refractivity (Wildman–Crippen MR) is 76.2 cm³/mol. The fourth-order valence-corrected chi connectivity index (χ4v) is 2.23. The van der Waals surface area contributed by atoms with Gasteiger partial charge in [-0.25, -0.2) is 4.39 Å². The van der Waals surface area contributed by atoms with Crippen molar-refractivity contribution in [1.29, 1.82) is 0 Å². The van der Waals surface area contributed by atoms with E-state index in [0.717, 1.165) is 23.7 Å². The van der Waals surface area contributed by atoms with Crippen LogP contribution in [-0.4, -0.2) is 14.7 Å². The lowest BCUT2D eigenvalue weighted by Gasteiger charge is -2.06. The Labute approximate surface area is 121 Å². The molecule has 0 bridgehead atoms. The summed E-state index contributed by atoms with van der Waals surface area (Å²) >= 11 is 0. The average Bonchev–Trinajstić information content (AvgIpc) is 2.79. The molecule has 0 aliphatic carbocycles. The molecule has 0 saturated heterocycles. The minimum absolute atomic E-state index is 0.0780. The first-order valence-electron chi connectivity index (χ1n) is 6.66. The Morgan fingerprint density at radius 1 is 1.38 bits per heavy atom. The van der Waals surface area contributed by atoms with Crippen molar-refractivity contribution in [3.63, 3.8) is 0 Å². The Balaban J connectivity index is 2.06. The van der Waals surface area contributed by atoms with Gasteiger partial charge in [0.05, 0.1) is 10.6 Å². The van der Waals surface area contributed by atoms with Gasteiger partial charge in [-0.2, -0.15) is 5.10 Å². The maximum Gasteiger partial charge on any atom is 0.274 e. The molecule has 6 nitrogen and oxygen atoms in total. The minimum Gasteiger partial charge on any atom is -0.308 e. The fourth-order valence-electron chi connectivity index (χ4n) is 2.23. The Kier molecular flexibility index (Phi) is 4.64. The van der Waals surface area contributed by atoms with Crippen molar-refractivity contribution >= 4 is 5.69 Å². The zero-order valence-corrected chi connectivity index (χ0v) is 12.0. The summed E-state index contributed by atoms with van der Waals surface area (Å²) in [5, 5.41) is 18.3. The topological polar surface area (TPSA) is 73.0 Å². The van der Waals surface area contributed by atoms with E-state index in [2.05, 4.69) is 10.4 Å². The Morgan fingerprint density at radius 2 is 2.10 bits per heavy atom. The van der Waals surface area contributed by atoms with Gasteiger partial charge in [0.15, 0.2) is 0 Å². The number of rotatable bonds is 6. The third-order valence-corrected chi connectivity index (χ3v) is 3.20. The molecule has 0 spiro atoms. The van der Waals surface area contributed by atoms with E-state index in [9.17, 15) is 14.5 Å². The zero-order valence-electron chi connectivity index (χ0n) is 12.0. The van der Waals surface area contributed by atoms with Gasteiger partial charge in [0.1, 0.15) is 5.82 Å². The quantitative estimate of drug-likeness (QED) is 0.655. The maximum absolute atomic E-state index is 13.2. The van der Waals surface area contributed by atoms with Crippen LogP contribution in [0.25, 0.3) is 0 Å². The molecule has 1 heterocycles. The zero-order chi connectivity index (χ0) is 15.4. The number of benzene rings is 1. The number of nitrogens with one attached hydrogen (secondary N) is 1. The molecular formula is C14H17FN4O2. The highest BCUT2D eigenvalue weighted by Gasteiger charge is 2.14. The number of aryl methyl sites for hydroxylation is 2. The molecule has 1 aromatic heterocycles. The van der Waals surface area contributed by atoms with Crippen molar-refractivity contribution in [2.75, 3.05) is 0 Å². The van der Waals surface area contributed by atoms with Crippen LogP contribution in [0.15, 0.2) is 24.4 Å². The number of hydrogen-bond acceptors (Lipinski definition) is 4. The SMILES string of the molecule is CCc1nn(C)cc1CNCc1cc(F)ccc1[N+](=O)[O-]. The normalized spacial score (nSPS) is 10.8. The van der Waals surface area contributed by atoms with Gasteiger partial charge in [-0.15, -0.1) is 0 Å². The van der Waals surface area contributed by atoms with E-state index in [0.29, 0.717) is 12.1 Å². The van der Waals surface area contributed by atoms with Gasteiger partial charge in [0, 0.05) is 43.5 Å². The molecule has 0 saturated carbocycles. The van der Waals surface area contributed by atoms with Crippen molar-refractivity contribution in [2.24, 2.45) is 7.05 Å². The standard InChI is InChI=1S/C14H17FN4O2/c1-3-13-11(9-18(2)17-13)8-16-7-10-6-12(15)4-5-14(10)19(20)21/h4-6,9,16H,3,7-8H2,1-2H3. The second-order valence-corrected chi connectivity index (χ2v) is 4.76. The summed E-state index contributed by atoms with van der Waals surface area (Å²) in [7, 11) is 1.85. The molecule has 0 unspecified atom stereocenters. The van der Waals surface area contributed by atoms with Crippen LogP contribution in [0.3, 0.4) is 0 Å². The van der Waals surface area contributed by atoms with Crippen molar-refractivity contribution in [3.8, 4) is 0 Å². The molecule has 0 atom stereocenters. The van der Waals surface area contributed by atoms with Crippen LogP contribution in [0.2, 0.25) is 0 Å². The van der Waals surface area contributed by atoms with Crippen LogP contribution in [0.5, 0.6) is 0 Å². The van der Waals surface area contributed by atoms with Crippen LogP contribution in [0.4, 0.5) is 10.1 Å². The van der Waals surface area contributed by atoms with Crippen LogP contribution in [0, 0.1) is 15.9 Å². The lowest BCUT2D eigenvalue weighted by atomic mass is 10.1. The van der Waals surface area contributed by atoms with Gasteiger partial charge in [-0.3, -0.25) is 14.8 Å². The van der Waals surface area contributed by atoms with E-state index >= 15 is 0 Å². The summed E-state index contributed by atoms with van der Waals surface area (Å²) in [6.45, 7) is 2.78. The van der Waals surface area contributed by atoms with E-state index in [4.69, 9.17) is 0 Å². The Hall–Kier alpha value is -2.28. The minimum atomic E-state index is -0.502. The molecule has 112 valence electrons. The van der Waals surface area contributed by atoms with E-state index in [1.54, 1.807) is 4.68 Å². The lowest BCUT2D eigenvalue weighted by Crippen LogP contribution is -2.14. The van der Waals surface area contributed by atoms with E-state index in [1.807, 2.05) is 20.2 Å². The number of nitrogens with zero attached hydrogens (tertiary/aromatic N) is 3. The second-order valence-electron chi connectivity index (χ2n) is 4.76. The first-order chi connectivity index (χ1) is 10.0. The number of nitro benzene ring substituents is 1. The van der Waals surface area contributed by atoms with E-state index < -0.39 is 10.7 Å². The predicted octanol–water partition coefficient (Wildman–Crippen LogP) is 2.32. The molecule has 0 fully saturated rings. The molecule has 0 radical (unpaired) electrons. The van der Waals surface area contributed by atoms with Crippen LogP contribution >= 0.6 is 0 Å². The summed E-state index contributed by atoms with van der Waals surface area (Å²) in [6.07, 6.45) is 2.73. The number of hydrogen-bond donors (Lipinski definition) is 1. The average molecular weight is 292 g/mol. The summed E-state index contributed by atoms with van der Waals surface area (Å²) in [4.78, 5) is 10.4. The van der Waals surface area contributed by atoms with Crippen LogP contribution in [0.1, 0.15) is 23.7 Å². The van der Waals surface area contributed by atoms with Crippen molar-refractivity contribution in [2.45, 2.75) is 26.4 Å². The van der Waals surface area contributed by atoms with Crippen LogP contribution in [-0.2, 0) is 26.6 Å². The van der Waals surface area contributed by atoms with E-state index in [-0.39, 0.29) is 12.2 Å². The van der Waals surface area contributed by atoms with Crippen molar-refractivity contribution in [3.05, 3.63) is 57.1 Å². The van der Waals surface area contributed by atoms with Gasteiger partial charge in [-0.1, -0.05) is 6.92 Å². The van der Waals surface area contributed by atoms with E-state index in [1.165, 1.54) is 12.1 Å². The molecule has 1 N–H and O–H groups in total. The van der Waals surface area contributed by atoms with Gasteiger partial charge < -0.3 is 5.32 Å². The highest BCUT2D eigenvalue weighted by molar-refractivity contribution is 5.40. The summed E-state index contributed by atoms with van der Waals surface area (Å²) in [5.41, 5.74) is 2.28. The third-order valence-electron chi connectivity index (χ3n) is 3.20. The lowest BCUT2D eigenvalue weighted by molar-refractivity contribution is -0.385. The highest BCUT2D eigenvalue weighted by Crippen LogP contribution is 2.19. The molecule has 0 amide bonds.